The Morgan fingerprint density at radius 3 is 2.74 bits per heavy atom. The van der Waals surface area contributed by atoms with E-state index >= 15 is 0 Å². The van der Waals surface area contributed by atoms with Crippen LogP contribution < -0.4 is 5.73 Å². The summed E-state index contributed by atoms with van der Waals surface area (Å²) < 4.78 is 1.68. The highest BCUT2D eigenvalue weighted by molar-refractivity contribution is 5.83. The normalized spacial score (nSPS) is 16.7. The lowest BCUT2D eigenvalue weighted by Crippen LogP contribution is -2.40. The summed E-state index contributed by atoms with van der Waals surface area (Å²) in [4.78, 5) is 14.5. The van der Waals surface area contributed by atoms with Crippen molar-refractivity contribution >= 4 is 5.91 Å². The minimum absolute atomic E-state index is 0.0381. The molecule has 1 unspecified atom stereocenters. The summed E-state index contributed by atoms with van der Waals surface area (Å²) in [6.07, 6.45) is 6.75. The minimum atomic E-state index is -0.582. The van der Waals surface area contributed by atoms with Crippen molar-refractivity contribution in [2.45, 2.75) is 45.2 Å². The van der Waals surface area contributed by atoms with Crippen molar-refractivity contribution < 1.29 is 4.79 Å². The molecule has 1 heterocycles. The lowest BCUT2D eigenvalue weighted by molar-refractivity contribution is -0.133. The molecule has 1 aliphatic carbocycles. The Morgan fingerprint density at radius 2 is 2.26 bits per heavy atom. The number of aryl methyl sites for hydroxylation is 1. The quantitative estimate of drug-likeness (QED) is 0.846. The van der Waals surface area contributed by atoms with Crippen LogP contribution in [0.5, 0.6) is 0 Å². The SMILES string of the molecule is CC(C)CCN(C(=O)C(N)c1cnn(C)c1)C1CC1. The molecular weight excluding hydrogens is 240 g/mol. The third-order valence-electron chi connectivity index (χ3n) is 3.57. The van der Waals surface area contributed by atoms with Crippen LogP contribution in [0.3, 0.4) is 0 Å². The Morgan fingerprint density at radius 1 is 1.58 bits per heavy atom. The van der Waals surface area contributed by atoms with Gasteiger partial charge in [0, 0.05) is 31.4 Å². The molecule has 19 heavy (non-hydrogen) atoms. The fraction of sp³-hybridized carbons (Fsp3) is 0.714. The largest absolute Gasteiger partial charge is 0.338 e. The molecule has 1 atom stereocenters. The Kier molecular flexibility index (Phi) is 4.24. The van der Waals surface area contributed by atoms with Crippen molar-refractivity contribution in [2.75, 3.05) is 6.54 Å². The average Bonchev–Trinajstić information content (AvgIpc) is 3.09. The summed E-state index contributed by atoms with van der Waals surface area (Å²) in [5.74, 6) is 0.639. The van der Waals surface area contributed by atoms with E-state index in [2.05, 4.69) is 18.9 Å². The first-order chi connectivity index (χ1) is 8.99. The number of carbonyl (C=O) groups is 1. The molecule has 1 aromatic heterocycles. The Bertz CT molecular complexity index is 436. The van der Waals surface area contributed by atoms with Crippen molar-refractivity contribution in [3.63, 3.8) is 0 Å². The number of nitrogens with zero attached hydrogens (tertiary/aromatic N) is 3. The summed E-state index contributed by atoms with van der Waals surface area (Å²) >= 11 is 0. The maximum absolute atomic E-state index is 12.5. The van der Waals surface area contributed by atoms with Gasteiger partial charge in [0.1, 0.15) is 6.04 Å². The molecule has 0 bridgehead atoms. The second-order valence-electron chi connectivity index (χ2n) is 5.87. The molecule has 0 spiro atoms. The van der Waals surface area contributed by atoms with Gasteiger partial charge in [-0.2, -0.15) is 5.10 Å². The van der Waals surface area contributed by atoms with Crippen LogP contribution in [0.15, 0.2) is 12.4 Å². The molecule has 0 saturated heterocycles. The summed E-state index contributed by atoms with van der Waals surface area (Å²) in [5, 5.41) is 4.08. The van der Waals surface area contributed by atoms with Gasteiger partial charge in [-0.05, 0) is 25.2 Å². The molecule has 1 aromatic rings. The van der Waals surface area contributed by atoms with Crippen LogP contribution in [0.4, 0.5) is 0 Å². The van der Waals surface area contributed by atoms with E-state index in [1.807, 2.05) is 18.1 Å². The molecule has 0 aromatic carbocycles. The molecule has 106 valence electrons. The fourth-order valence-corrected chi connectivity index (χ4v) is 2.18. The van der Waals surface area contributed by atoms with Crippen LogP contribution in [0, 0.1) is 5.92 Å². The molecule has 1 saturated carbocycles. The number of aromatic nitrogens is 2. The zero-order chi connectivity index (χ0) is 14.0. The molecule has 1 fully saturated rings. The van der Waals surface area contributed by atoms with Crippen LogP contribution in [-0.4, -0.2) is 33.2 Å². The van der Waals surface area contributed by atoms with Crippen LogP contribution >= 0.6 is 0 Å². The monoisotopic (exact) mass is 264 g/mol. The van der Waals surface area contributed by atoms with Crippen molar-refractivity contribution in [3.8, 4) is 0 Å². The Labute approximate surface area is 114 Å². The summed E-state index contributed by atoms with van der Waals surface area (Å²) in [7, 11) is 1.83. The van der Waals surface area contributed by atoms with Gasteiger partial charge in [-0.3, -0.25) is 9.48 Å². The molecule has 5 nitrogen and oxygen atoms in total. The number of amides is 1. The molecule has 1 aliphatic rings. The first-order valence-electron chi connectivity index (χ1n) is 7.03. The predicted octanol–water partition coefficient (Wildman–Crippen LogP) is 1.46. The summed E-state index contributed by atoms with van der Waals surface area (Å²) in [5.41, 5.74) is 6.87. The second-order valence-corrected chi connectivity index (χ2v) is 5.87. The number of hydrogen-bond acceptors (Lipinski definition) is 3. The average molecular weight is 264 g/mol. The highest BCUT2D eigenvalue weighted by Gasteiger charge is 2.35. The molecular formula is C14H24N4O. The Hall–Kier alpha value is -1.36. The van der Waals surface area contributed by atoms with Gasteiger partial charge in [0.25, 0.3) is 0 Å². The van der Waals surface area contributed by atoms with Gasteiger partial charge in [-0.15, -0.1) is 0 Å². The smallest absolute Gasteiger partial charge is 0.244 e. The molecule has 2 N–H and O–H groups in total. The van der Waals surface area contributed by atoms with Crippen LogP contribution in [0.25, 0.3) is 0 Å². The maximum atomic E-state index is 12.5. The van der Waals surface area contributed by atoms with Gasteiger partial charge in [0.05, 0.1) is 6.20 Å². The van der Waals surface area contributed by atoms with E-state index in [1.54, 1.807) is 10.9 Å². The molecule has 0 aliphatic heterocycles. The van der Waals surface area contributed by atoms with Crippen molar-refractivity contribution in [1.29, 1.82) is 0 Å². The fourth-order valence-electron chi connectivity index (χ4n) is 2.18. The molecule has 2 rings (SSSR count). The maximum Gasteiger partial charge on any atom is 0.244 e. The van der Waals surface area contributed by atoms with Crippen molar-refractivity contribution in [2.24, 2.45) is 18.7 Å². The summed E-state index contributed by atoms with van der Waals surface area (Å²) in [6, 6.07) is -0.171. The predicted molar refractivity (Wildman–Crippen MR) is 74.3 cm³/mol. The number of nitrogens with two attached hydrogens (primary N) is 1. The van der Waals surface area contributed by atoms with Gasteiger partial charge in [-0.25, -0.2) is 0 Å². The van der Waals surface area contributed by atoms with Gasteiger partial charge in [-0.1, -0.05) is 13.8 Å². The van der Waals surface area contributed by atoms with Crippen molar-refractivity contribution in [3.05, 3.63) is 18.0 Å². The van der Waals surface area contributed by atoms with Gasteiger partial charge < -0.3 is 10.6 Å². The van der Waals surface area contributed by atoms with Gasteiger partial charge in [0.15, 0.2) is 0 Å². The number of rotatable bonds is 6. The lowest BCUT2D eigenvalue weighted by Gasteiger charge is -2.26. The van der Waals surface area contributed by atoms with E-state index in [1.165, 1.54) is 0 Å². The van der Waals surface area contributed by atoms with E-state index in [0.717, 1.165) is 31.4 Å². The van der Waals surface area contributed by atoms with Crippen molar-refractivity contribution in [1.82, 2.24) is 14.7 Å². The minimum Gasteiger partial charge on any atom is -0.338 e. The topological polar surface area (TPSA) is 64.2 Å². The zero-order valence-corrected chi connectivity index (χ0v) is 12.0. The van der Waals surface area contributed by atoms with E-state index in [4.69, 9.17) is 5.73 Å². The first kappa shape index (κ1) is 14.1. The molecule has 0 radical (unpaired) electrons. The highest BCUT2D eigenvalue weighted by Crippen LogP contribution is 2.29. The first-order valence-corrected chi connectivity index (χ1v) is 7.03. The van der Waals surface area contributed by atoms with E-state index in [9.17, 15) is 4.79 Å². The molecule has 5 heteroatoms. The number of carbonyl (C=O) groups excluding carboxylic acids is 1. The zero-order valence-electron chi connectivity index (χ0n) is 12.0. The van der Waals surface area contributed by atoms with E-state index in [0.29, 0.717) is 12.0 Å². The highest BCUT2D eigenvalue weighted by atomic mass is 16.2. The standard InChI is InChI=1S/C14H24N4O/c1-10(2)6-7-18(12-4-5-12)14(19)13(15)11-8-16-17(3)9-11/h8-10,12-13H,4-7,15H2,1-3H3. The van der Waals surface area contributed by atoms with Gasteiger partial charge in [0.2, 0.25) is 5.91 Å². The van der Waals surface area contributed by atoms with Crippen LogP contribution in [-0.2, 0) is 11.8 Å². The molecule has 1 amide bonds. The third kappa shape index (κ3) is 3.56. The summed E-state index contributed by atoms with van der Waals surface area (Å²) in [6.45, 7) is 5.17. The number of hydrogen-bond donors (Lipinski definition) is 1. The third-order valence-corrected chi connectivity index (χ3v) is 3.57. The van der Waals surface area contributed by atoms with E-state index in [-0.39, 0.29) is 5.91 Å². The van der Waals surface area contributed by atoms with Crippen LogP contribution in [0.2, 0.25) is 0 Å². The lowest BCUT2D eigenvalue weighted by atomic mass is 10.1. The van der Waals surface area contributed by atoms with Crippen LogP contribution in [0.1, 0.15) is 44.7 Å². The Balaban J connectivity index is 2.02. The van der Waals surface area contributed by atoms with E-state index < -0.39 is 6.04 Å². The van der Waals surface area contributed by atoms with Gasteiger partial charge >= 0.3 is 0 Å². The second kappa shape index (κ2) is 5.74.